The van der Waals surface area contributed by atoms with Crippen molar-refractivity contribution in [2.45, 2.75) is 65.3 Å². The van der Waals surface area contributed by atoms with Gasteiger partial charge in [-0.3, -0.25) is 4.79 Å². The Hall–Kier alpha value is -1.51. The number of anilines is 1. The Morgan fingerprint density at radius 2 is 1.90 bits per heavy atom. The monoisotopic (exact) mass is 288 g/mol. The number of aryl methyl sites for hydroxylation is 2. The van der Waals surface area contributed by atoms with Gasteiger partial charge in [-0.1, -0.05) is 32.3 Å². The second kappa shape index (κ2) is 6.97. The second-order valence-corrected chi connectivity index (χ2v) is 6.41. The van der Waals surface area contributed by atoms with E-state index in [0.29, 0.717) is 23.2 Å². The Kier molecular flexibility index (Phi) is 5.27. The molecule has 1 aromatic carbocycles. The normalized spacial score (nSPS) is 17.5. The van der Waals surface area contributed by atoms with Gasteiger partial charge in [-0.05, 0) is 56.2 Å². The van der Waals surface area contributed by atoms with Crippen molar-refractivity contribution in [3.63, 3.8) is 0 Å². The molecule has 3 heteroatoms. The lowest BCUT2D eigenvalue weighted by molar-refractivity contribution is 0.0910. The van der Waals surface area contributed by atoms with Crippen LogP contribution in [0.1, 0.15) is 66.9 Å². The van der Waals surface area contributed by atoms with Gasteiger partial charge in [-0.15, -0.1) is 0 Å². The van der Waals surface area contributed by atoms with Gasteiger partial charge in [0.05, 0.1) is 0 Å². The SMILES string of the molecule is CCC(NC(=O)c1cc(N)c(C)cc1C)C1CCCCC1. The van der Waals surface area contributed by atoms with Gasteiger partial charge in [-0.25, -0.2) is 0 Å². The number of carbonyl (C=O) groups is 1. The van der Waals surface area contributed by atoms with Crippen LogP contribution in [0.3, 0.4) is 0 Å². The molecule has 21 heavy (non-hydrogen) atoms. The van der Waals surface area contributed by atoms with E-state index in [1.54, 1.807) is 0 Å². The first kappa shape index (κ1) is 15.9. The van der Waals surface area contributed by atoms with Crippen LogP contribution >= 0.6 is 0 Å². The molecule has 1 fully saturated rings. The van der Waals surface area contributed by atoms with Crippen molar-refractivity contribution in [2.75, 3.05) is 5.73 Å². The molecular formula is C18H28N2O. The van der Waals surface area contributed by atoms with E-state index < -0.39 is 0 Å². The predicted molar refractivity (Wildman–Crippen MR) is 88.4 cm³/mol. The largest absolute Gasteiger partial charge is 0.398 e. The molecule has 1 saturated carbocycles. The lowest BCUT2D eigenvalue weighted by atomic mass is 9.83. The number of rotatable bonds is 4. The van der Waals surface area contributed by atoms with Crippen LogP contribution < -0.4 is 11.1 Å². The third-order valence-electron chi connectivity index (χ3n) is 4.83. The zero-order valence-corrected chi connectivity index (χ0v) is 13.5. The van der Waals surface area contributed by atoms with E-state index in [-0.39, 0.29) is 5.91 Å². The number of benzene rings is 1. The first-order chi connectivity index (χ1) is 10.0. The summed E-state index contributed by atoms with van der Waals surface area (Å²) in [5, 5.41) is 3.25. The Labute approximate surface area is 128 Å². The smallest absolute Gasteiger partial charge is 0.251 e. The lowest BCUT2D eigenvalue weighted by Crippen LogP contribution is -2.41. The summed E-state index contributed by atoms with van der Waals surface area (Å²) < 4.78 is 0. The van der Waals surface area contributed by atoms with Gasteiger partial charge in [0.15, 0.2) is 0 Å². The Morgan fingerprint density at radius 1 is 1.24 bits per heavy atom. The first-order valence-corrected chi connectivity index (χ1v) is 8.20. The van der Waals surface area contributed by atoms with Crippen LogP contribution in [0, 0.1) is 19.8 Å². The van der Waals surface area contributed by atoms with Crippen LogP contribution in [0.25, 0.3) is 0 Å². The quantitative estimate of drug-likeness (QED) is 0.824. The molecule has 3 N–H and O–H groups in total. The molecule has 1 amide bonds. The van der Waals surface area contributed by atoms with Gasteiger partial charge in [0.1, 0.15) is 0 Å². The molecule has 0 spiro atoms. The second-order valence-electron chi connectivity index (χ2n) is 6.41. The maximum Gasteiger partial charge on any atom is 0.251 e. The van der Waals surface area contributed by atoms with E-state index in [4.69, 9.17) is 5.73 Å². The molecule has 1 atom stereocenters. The van der Waals surface area contributed by atoms with E-state index in [2.05, 4.69) is 12.2 Å². The number of hydrogen-bond donors (Lipinski definition) is 2. The maximum atomic E-state index is 12.6. The Bertz CT molecular complexity index is 504. The molecule has 0 aromatic heterocycles. The Morgan fingerprint density at radius 3 is 2.52 bits per heavy atom. The number of nitrogens with one attached hydrogen (secondary N) is 1. The fourth-order valence-corrected chi connectivity index (χ4v) is 3.45. The van der Waals surface area contributed by atoms with Crippen LogP contribution in [0.15, 0.2) is 12.1 Å². The van der Waals surface area contributed by atoms with Crippen LogP contribution in [0.4, 0.5) is 5.69 Å². The molecule has 116 valence electrons. The number of hydrogen-bond acceptors (Lipinski definition) is 2. The van der Waals surface area contributed by atoms with Gasteiger partial charge in [-0.2, -0.15) is 0 Å². The van der Waals surface area contributed by atoms with Crippen LogP contribution in [0.5, 0.6) is 0 Å². The molecule has 1 aromatic rings. The van der Waals surface area contributed by atoms with E-state index in [1.165, 1.54) is 32.1 Å². The summed E-state index contributed by atoms with van der Waals surface area (Å²) in [5.74, 6) is 0.660. The van der Waals surface area contributed by atoms with E-state index in [0.717, 1.165) is 17.5 Å². The van der Waals surface area contributed by atoms with Crippen LogP contribution in [0.2, 0.25) is 0 Å². The standard InChI is InChI=1S/C18H28N2O/c1-4-17(14-8-6-5-7-9-14)20-18(21)15-11-16(19)13(3)10-12(15)2/h10-11,14,17H,4-9,19H2,1-3H3,(H,20,21). The first-order valence-electron chi connectivity index (χ1n) is 8.20. The highest BCUT2D eigenvalue weighted by molar-refractivity contribution is 5.96. The van der Waals surface area contributed by atoms with Crippen molar-refractivity contribution < 1.29 is 4.79 Å². The maximum absolute atomic E-state index is 12.6. The average molecular weight is 288 g/mol. The van der Waals surface area contributed by atoms with Crippen molar-refractivity contribution in [1.82, 2.24) is 5.32 Å². The summed E-state index contributed by atoms with van der Waals surface area (Å²) in [4.78, 5) is 12.6. The molecule has 2 rings (SSSR count). The van der Waals surface area contributed by atoms with E-state index in [1.807, 2.05) is 26.0 Å². The zero-order valence-electron chi connectivity index (χ0n) is 13.5. The minimum absolute atomic E-state index is 0.0247. The van der Waals surface area contributed by atoms with Crippen molar-refractivity contribution in [3.8, 4) is 0 Å². The van der Waals surface area contributed by atoms with E-state index in [9.17, 15) is 4.79 Å². The summed E-state index contributed by atoms with van der Waals surface area (Å²) in [6.45, 7) is 6.11. The third kappa shape index (κ3) is 3.78. The molecule has 1 unspecified atom stereocenters. The van der Waals surface area contributed by atoms with Gasteiger partial charge < -0.3 is 11.1 Å². The summed E-state index contributed by atoms with van der Waals surface area (Å²) in [7, 11) is 0. The minimum Gasteiger partial charge on any atom is -0.398 e. The topological polar surface area (TPSA) is 55.1 Å². The van der Waals surface area contributed by atoms with Gasteiger partial charge in [0.25, 0.3) is 5.91 Å². The third-order valence-corrected chi connectivity index (χ3v) is 4.83. The Balaban J connectivity index is 2.10. The molecule has 0 bridgehead atoms. The van der Waals surface area contributed by atoms with Crippen molar-refractivity contribution in [1.29, 1.82) is 0 Å². The summed E-state index contributed by atoms with van der Waals surface area (Å²) in [6.07, 6.45) is 7.42. The van der Waals surface area contributed by atoms with Crippen molar-refractivity contribution in [2.24, 2.45) is 5.92 Å². The predicted octanol–water partition coefficient (Wildman–Crippen LogP) is 3.97. The highest BCUT2D eigenvalue weighted by Gasteiger charge is 2.24. The highest BCUT2D eigenvalue weighted by Crippen LogP contribution is 2.28. The summed E-state index contributed by atoms with van der Waals surface area (Å²) >= 11 is 0. The molecular weight excluding hydrogens is 260 g/mol. The highest BCUT2D eigenvalue weighted by atomic mass is 16.1. The number of amides is 1. The lowest BCUT2D eigenvalue weighted by Gasteiger charge is -2.30. The van der Waals surface area contributed by atoms with Crippen molar-refractivity contribution >= 4 is 11.6 Å². The summed E-state index contributed by atoms with van der Waals surface area (Å²) in [6, 6.07) is 4.10. The fraction of sp³-hybridized carbons (Fsp3) is 0.611. The zero-order chi connectivity index (χ0) is 15.4. The molecule has 3 nitrogen and oxygen atoms in total. The number of carbonyl (C=O) groups excluding carboxylic acids is 1. The summed E-state index contributed by atoms with van der Waals surface area (Å²) in [5.41, 5.74) is 9.39. The molecule has 0 radical (unpaired) electrons. The fourth-order valence-electron chi connectivity index (χ4n) is 3.45. The van der Waals surface area contributed by atoms with Crippen LogP contribution in [-0.4, -0.2) is 11.9 Å². The molecule has 1 aliphatic rings. The van der Waals surface area contributed by atoms with Gasteiger partial charge >= 0.3 is 0 Å². The molecule has 0 heterocycles. The van der Waals surface area contributed by atoms with E-state index >= 15 is 0 Å². The molecule has 0 saturated heterocycles. The van der Waals surface area contributed by atoms with Crippen LogP contribution in [-0.2, 0) is 0 Å². The van der Waals surface area contributed by atoms with Crippen molar-refractivity contribution in [3.05, 3.63) is 28.8 Å². The molecule has 0 aliphatic heterocycles. The van der Waals surface area contributed by atoms with Gasteiger partial charge in [0.2, 0.25) is 0 Å². The average Bonchev–Trinajstić information content (AvgIpc) is 2.49. The minimum atomic E-state index is 0.0247. The number of nitrogen functional groups attached to an aromatic ring is 1. The molecule has 1 aliphatic carbocycles. The van der Waals surface area contributed by atoms with Gasteiger partial charge in [0, 0.05) is 17.3 Å². The number of nitrogens with two attached hydrogens (primary N) is 1.